The van der Waals surface area contributed by atoms with E-state index < -0.39 is 0 Å². The second-order valence-corrected chi connectivity index (χ2v) is 4.39. The molecular weight excluding hydrogens is 174 g/mol. The molecule has 2 nitrogen and oxygen atoms in total. The van der Waals surface area contributed by atoms with Crippen LogP contribution in [0.15, 0.2) is 16.7 Å². The van der Waals surface area contributed by atoms with Gasteiger partial charge in [0.15, 0.2) is 0 Å². The van der Waals surface area contributed by atoms with Crippen LogP contribution in [-0.4, -0.2) is 12.1 Å². The summed E-state index contributed by atoms with van der Waals surface area (Å²) in [7, 11) is 0. The zero-order valence-corrected chi connectivity index (χ0v) is 9.21. The molecule has 1 N–H and O–H groups in total. The van der Waals surface area contributed by atoms with E-state index in [0.29, 0.717) is 18.0 Å². The SMILES string of the molecule is CCC1NC(C)CC1c1occc1C. The molecule has 3 atom stereocenters. The van der Waals surface area contributed by atoms with Crippen molar-refractivity contribution in [3.05, 3.63) is 23.7 Å². The molecule has 0 spiro atoms. The van der Waals surface area contributed by atoms with Crippen molar-refractivity contribution >= 4 is 0 Å². The lowest BCUT2D eigenvalue weighted by Crippen LogP contribution is -2.28. The first-order valence-corrected chi connectivity index (χ1v) is 5.52. The number of hydrogen-bond acceptors (Lipinski definition) is 2. The second kappa shape index (κ2) is 3.77. The van der Waals surface area contributed by atoms with E-state index in [1.165, 1.54) is 24.2 Å². The fourth-order valence-electron chi connectivity index (χ4n) is 2.55. The van der Waals surface area contributed by atoms with Gasteiger partial charge in [0.05, 0.1) is 6.26 Å². The largest absolute Gasteiger partial charge is 0.469 e. The molecule has 14 heavy (non-hydrogen) atoms. The van der Waals surface area contributed by atoms with Gasteiger partial charge in [-0.05, 0) is 38.3 Å². The minimum absolute atomic E-state index is 0.574. The van der Waals surface area contributed by atoms with E-state index in [2.05, 4.69) is 32.2 Å². The van der Waals surface area contributed by atoms with Crippen molar-refractivity contribution in [3.63, 3.8) is 0 Å². The molecule has 2 heterocycles. The highest BCUT2D eigenvalue weighted by atomic mass is 16.3. The van der Waals surface area contributed by atoms with E-state index >= 15 is 0 Å². The van der Waals surface area contributed by atoms with Crippen molar-refractivity contribution in [3.8, 4) is 0 Å². The Hall–Kier alpha value is -0.760. The number of aryl methyl sites for hydroxylation is 1. The predicted octanol–water partition coefficient (Wildman–Crippen LogP) is 2.83. The van der Waals surface area contributed by atoms with Crippen LogP contribution in [0.5, 0.6) is 0 Å². The molecule has 1 saturated heterocycles. The molecule has 1 aliphatic heterocycles. The van der Waals surface area contributed by atoms with Gasteiger partial charge in [-0.15, -0.1) is 0 Å². The summed E-state index contributed by atoms with van der Waals surface area (Å²) in [5.41, 5.74) is 1.30. The first-order valence-electron chi connectivity index (χ1n) is 5.52. The third-order valence-electron chi connectivity index (χ3n) is 3.27. The van der Waals surface area contributed by atoms with Gasteiger partial charge in [-0.2, -0.15) is 0 Å². The topological polar surface area (TPSA) is 25.2 Å². The Morgan fingerprint density at radius 3 is 2.93 bits per heavy atom. The molecule has 78 valence electrons. The lowest BCUT2D eigenvalue weighted by Gasteiger charge is -2.16. The normalized spacial score (nSPS) is 32.4. The van der Waals surface area contributed by atoms with Crippen LogP contribution in [0.2, 0.25) is 0 Å². The van der Waals surface area contributed by atoms with Crippen LogP contribution >= 0.6 is 0 Å². The Labute approximate surface area is 85.7 Å². The standard InChI is InChI=1S/C12H19NO/c1-4-11-10(7-9(3)13-11)12-8(2)5-6-14-12/h5-6,9-11,13H,4,7H2,1-3H3. The van der Waals surface area contributed by atoms with Gasteiger partial charge in [0.25, 0.3) is 0 Å². The summed E-state index contributed by atoms with van der Waals surface area (Å²) in [6.45, 7) is 6.62. The van der Waals surface area contributed by atoms with Crippen LogP contribution in [0.1, 0.15) is 43.9 Å². The molecule has 1 aliphatic rings. The summed E-state index contributed by atoms with van der Waals surface area (Å²) < 4.78 is 5.59. The Bertz CT molecular complexity index is 305. The maximum Gasteiger partial charge on any atom is 0.111 e. The first kappa shape index (κ1) is 9.78. The van der Waals surface area contributed by atoms with Gasteiger partial charge in [0, 0.05) is 18.0 Å². The monoisotopic (exact) mass is 193 g/mol. The lowest BCUT2D eigenvalue weighted by atomic mass is 9.93. The number of furan rings is 1. The van der Waals surface area contributed by atoms with E-state index in [-0.39, 0.29) is 0 Å². The van der Waals surface area contributed by atoms with Crippen LogP contribution < -0.4 is 5.32 Å². The van der Waals surface area contributed by atoms with E-state index in [1.807, 2.05) is 0 Å². The molecule has 0 saturated carbocycles. The number of hydrogen-bond donors (Lipinski definition) is 1. The zero-order valence-electron chi connectivity index (χ0n) is 9.21. The first-order chi connectivity index (χ1) is 6.72. The van der Waals surface area contributed by atoms with E-state index in [4.69, 9.17) is 4.42 Å². The van der Waals surface area contributed by atoms with E-state index in [9.17, 15) is 0 Å². The van der Waals surface area contributed by atoms with Crippen LogP contribution in [-0.2, 0) is 0 Å². The number of nitrogens with one attached hydrogen (secondary N) is 1. The maximum absolute atomic E-state index is 5.59. The summed E-state index contributed by atoms with van der Waals surface area (Å²) in [6.07, 6.45) is 4.18. The summed E-state index contributed by atoms with van der Waals surface area (Å²) in [6, 6.07) is 3.27. The van der Waals surface area contributed by atoms with Crippen molar-refractivity contribution in [2.24, 2.45) is 0 Å². The second-order valence-electron chi connectivity index (χ2n) is 4.39. The summed E-state index contributed by atoms with van der Waals surface area (Å²) in [4.78, 5) is 0. The van der Waals surface area contributed by atoms with Crippen molar-refractivity contribution in [1.82, 2.24) is 5.32 Å². The summed E-state index contributed by atoms with van der Waals surface area (Å²) >= 11 is 0. The molecule has 0 aromatic carbocycles. The molecule has 0 amide bonds. The molecule has 1 fully saturated rings. The summed E-state index contributed by atoms with van der Waals surface area (Å²) in [5.74, 6) is 1.76. The Balaban J connectivity index is 2.21. The van der Waals surface area contributed by atoms with Gasteiger partial charge < -0.3 is 9.73 Å². The van der Waals surface area contributed by atoms with Gasteiger partial charge in [-0.25, -0.2) is 0 Å². The van der Waals surface area contributed by atoms with Gasteiger partial charge in [0.1, 0.15) is 5.76 Å². The molecule has 2 rings (SSSR count). The Morgan fingerprint density at radius 1 is 1.57 bits per heavy atom. The van der Waals surface area contributed by atoms with Gasteiger partial charge in [-0.1, -0.05) is 6.92 Å². The van der Waals surface area contributed by atoms with Gasteiger partial charge >= 0.3 is 0 Å². The van der Waals surface area contributed by atoms with Crippen LogP contribution in [0.3, 0.4) is 0 Å². The molecule has 0 radical (unpaired) electrons. The number of rotatable bonds is 2. The average molecular weight is 193 g/mol. The van der Waals surface area contributed by atoms with Crippen molar-refractivity contribution < 1.29 is 4.42 Å². The minimum Gasteiger partial charge on any atom is -0.469 e. The molecule has 3 unspecified atom stereocenters. The molecule has 0 bridgehead atoms. The Morgan fingerprint density at radius 2 is 2.36 bits per heavy atom. The smallest absolute Gasteiger partial charge is 0.111 e. The molecule has 1 aromatic rings. The molecule has 1 aromatic heterocycles. The van der Waals surface area contributed by atoms with Crippen molar-refractivity contribution in [2.75, 3.05) is 0 Å². The lowest BCUT2D eigenvalue weighted by molar-refractivity contribution is 0.421. The Kier molecular flexibility index (Phi) is 2.64. The predicted molar refractivity (Wildman–Crippen MR) is 57.5 cm³/mol. The van der Waals surface area contributed by atoms with Crippen LogP contribution in [0.4, 0.5) is 0 Å². The third kappa shape index (κ3) is 1.59. The van der Waals surface area contributed by atoms with Gasteiger partial charge in [0.2, 0.25) is 0 Å². The highest BCUT2D eigenvalue weighted by Gasteiger charge is 2.33. The quantitative estimate of drug-likeness (QED) is 0.781. The van der Waals surface area contributed by atoms with E-state index in [1.54, 1.807) is 6.26 Å². The molecule has 0 aliphatic carbocycles. The summed E-state index contributed by atoms with van der Waals surface area (Å²) in [5, 5.41) is 3.61. The van der Waals surface area contributed by atoms with Gasteiger partial charge in [-0.3, -0.25) is 0 Å². The maximum atomic E-state index is 5.59. The minimum atomic E-state index is 0.574. The van der Waals surface area contributed by atoms with Crippen molar-refractivity contribution in [2.45, 2.75) is 51.6 Å². The zero-order chi connectivity index (χ0) is 10.1. The van der Waals surface area contributed by atoms with Crippen LogP contribution in [0, 0.1) is 6.92 Å². The fourth-order valence-corrected chi connectivity index (χ4v) is 2.55. The molecule has 2 heteroatoms. The fraction of sp³-hybridized carbons (Fsp3) is 0.667. The average Bonchev–Trinajstić information content (AvgIpc) is 2.71. The molecular formula is C12H19NO. The highest BCUT2D eigenvalue weighted by molar-refractivity contribution is 5.22. The van der Waals surface area contributed by atoms with Crippen molar-refractivity contribution in [1.29, 1.82) is 0 Å². The third-order valence-corrected chi connectivity index (χ3v) is 3.27. The van der Waals surface area contributed by atoms with Crippen LogP contribution in [0.25, 0.3) is 0 Å². The highest BCUT2D eigenvalue weighted by Crippen LogP contribution is 2.34. The van der Waals surface area contributed by atoms with E-state index in [0.717, 1.165) is 0 Å².